The molecule has 0 atom stereocenters. The van der Waals surface area contributed by atoms with Gasteiger partial charge in [-0.15, -0.1) is 0 Å². The van der Waals surface area contributed by atoms with E-state index in [0.717, 1.165) is 35.3 Å². The molecule has 1 saturated carbocycles. The van der Waals surface area contributed by atoms with Crippen molar-refractivity contribution in [2.24, 2.45) is 0 Å². The number of pyridine rings is 1. The molecule has 144 valence electrons. The average Bonchev–Trinajstić information content (AvgIpc) is 3.23. The maximum absolute atomic E-state index is 10.9. The van der Waals surface area contributed by atoms with Crippen LogP contribution in [0, 0.1) is 0 Å². The van der Waals surface area contributed by atoms with E-state index in [1.165, 1.54) is 12.8 Å². The van der Waals surface area contributed by atoms with Gasteiger partial charge in [0.05, 0.1) is 18.9 Å². The molecule has 0 amide bonds. The molecule has 1 aromatic heterocycles. The summed E-state index contributed by atoms with van der Waals surface area (Å²) in [6, 6.07) is 17.7. The predicted molar refractivity (Wildman–Crippen MR) is 110 cm³/mol. The number of nitrogens with zero attached hydrogens (tertiary/aromatic N) is 1. The summed E-state index contributed by atoms with van der Waals surface area (Å²) >= 11 is 0. The van der Waals surface area contributed by atoms with Crippen LogP contribution in [0.3, 0.4) is 0 Å². The minimum Gasteiger partial charge on any atom is -0.505 e. The van der Waals surface area contributed by atoms with Gasteiger partial charge in [0.1, 0.15) is 5.75 Å². The molecule has 0 unspecified atom stereocenters. The van der Waals surface area contributed by atoms with Crippen molar-refractivity contribution in [2.75, 3.05) is 7.11 Å². The van der Waals surface area contributed by atoms with E-state index >= 15 is 0 Å². The first kappa shape index (κ1) is 18.4. The van der Waals surface area contributed by atoms with Gasteiger partial charge in [-0.05, 0) is 55.0 Å². The van der Waals surface area contributed by atoms with Crippen LogP contribution in [0.25, 0.3) is 11.1 Å². The highest BCUT2D eigenvalue weighted by molar-refractivity contribution is 5.73. The van der Waals surface area contributed by atoms with Crippen molar-refractivity contribution in [1.29, 1.82) is 0 Å². The van der Waals surface area contributed by atoms with Crippen molar-refractivity contribution in [3.8, 4) is 28.4 Å². The zero-order chi connectivity index (χ0) is 19.3. The molecule has 1 N–H and O–H groups in total. The molecule has 1 aliphatic rings. The molecule has 1 aliphatic carbocycles. The second kappa shape index (κ2) is 8.34. The third kappa shape index (κ3) is 3.96. The minimum absolute atomic E-state index is 0.211. The van der Waals surface area contributed by atoms with Crippen LogP contribution in [0.5, 0.6) is 17.2 Å². The van der Waals surface area contributed by atoms with Crippen LogP contribution in [0.2, 0.25) is 0 Å². The molecule has 2 aromatic carbocycles. The summed E-state index contributed by atoms with van der Waals surface area (Å²) in [6.07, 6.45) is 7.15. The first-order chi connectivity index (χ1) is 13.7. The number of rotatable bonds is 6. The fourth-order valence-electron chi connectivity index (χ4n) is 3.77. The van der Waals surface area contributed by atoms with Crippen molar-refractivity contribution in [3.63, 3.8) is 0 Å². The normalized spacial score (nSPS) is 14.2. The fraction of sp³-hybridized carbons (Fsp3) is 0.292. The Bertz CT molecular complexity index is 934. The van der Waals surface area contributed by atoms with Gasteiger partial charge in [0.25, 0.3) is 0 Å². The average molecular weight is 375 g/mol. The predicted octanol–water partition coefficient (Wildman–Crippen LogP) is 5.38. The van der Waals surface area contributed by atoms with Crippen LogP contribution in [0.1, 0.15) is 36.9 Å². The summed E-state index contributed by atoms with van der Waals surface area (Å²) < 4.78 is 11.7. The van der Waals surface area contributed by atoms with E-state index in [9.17, 15) is 5.11 Å². The summed E-state index contributed by atoms with van der Waals surface area (Å²) in [5, 5.41) is 10.9. The Balaban J connectivity index is 1.65. The standard InChI is InChI=1S/C24H25NO3/c1-27-22-12-11-18(16-23(22)28-19-9-5-6-10-19)20-13-14-25-21(24(20)26)15-17-7-3-2-4-8-17/h2-4,7-8,11-14,16,19,26H,5-6,9-10,15H2,1H3. The maximum atomic E-state index is 10.9. The van der Waals surface area contributed by atoms with Gasteiger partial charge >= 0.3 is 0 Å². The van der Waals surface area contributed by atoms with E-state index in [2.05, 4.69) is 4.98 Å². The van der Waals surface area contributed by atoms with E-state index < -0.39 is 0 Å². The lowest BCUT2D eigenvalue weighted by Crippen LogP contribution is -2.11. The molecule has 1 heterocycles. The molecular formula is C24H25NO3. The minimum atomic E-state index is 0.211. The molecule has 0 saturated heterocycles. The lowest BCUT2D eigenvalue weighted by Gasteiger charge is -2.17. The highest BCUT2D eigenvalue weighted by Gasteiger charge is 2.19. The van der Waals surface area contributed by atoms with E-state index in [1.807, 2.05) is 54.6 Å². The van der Waals surface area contributed by atoms with Crippen LogP contribution in [0.4, 0.5) is 0 Å². The second-order valence-corrected chi connectivity index (χ2v) is 7.21. The lowest BCUT2D eigenvalue weighted by atomic mass is 10.0. The molecule has 0 aliphatic heterocycles. The highest BCUT2D eigenvalue weighted by atomic mass is 16.5. The van der Waals surface area contributed by atoms with Gasteiger partial charge in [0.2, 0.25) is 0 Å². The van der Waals surface area contributed by atoms with Crippen molar-refractivity contribution >= 4 is 0 Å². The third-order valence-electron chi connectivity index (χ3n) is 5.28. The summed E-state index contributed by atoms with van der Waals surface area (Å²) in [6.45, 7) is 0. The van der Waals surface area contributed by atoms with Crippen LogP contribution in [-0.2, 0) is 6.42 Å². The summed E-state index contributed by atoms with van der Waals surface area (Å²) in [5.74, 6) is 1.66. The van der Waals surface area contributed by atoms with E-state index in [1.54, 1.807) is 13.3 Å². The van der Waals surface area contributed by atoms with Gasteiger partial charge in [-0.25, -0.2) is 0 Å². The number of hydrogen-bond acceptors (Lipinski definition) is 4. The van der Waals surface area contributed by atoms with Gasteiger partial charge < -0.3 is 14.6 Å². The first-order valence-corrected chi connectivity index (χ1v) is 9.80. The van der Waals surface area contributed by atoms with Gasteiger partial charge in [-0.1, -0.05) is 36.4 Å². The van der Waals surface area contributed by atoms with Crippen LogP contribution in [0.15, 0.2) is 60.8 Å². The summed E-state index contributed by atoms with van der Waals surface area (Å²) in [4.78, 5) is 4.39. The van der Waals surface area contributed by atoms with Crippen LogP contribution < -0.4 is 9.47 Å². The van der Waals surface area contributed by atoms with Crippen molar-refractivity contribution in [2.45, 2.75) is 38.2 Å². The van der Waals surface area contributed by atoms with Gasteiger partial charge in [-0.2, -0.15) is 0 Å². The number of hydrogen-bond donors (Lipinski definition) is 1. The van der Waals surface area contributed by atoms with E-state index in [-0.39, 0.29) is 11.9 Å². The lowest BCUT2D eigenvalue weighted by molar-refractivity contribution is 0.201. The third-order valence-corrected chi connectivity index (χ3v) is 5.28. The van der Waals surface area contributed by atoms with Crippen molar-refractivity contribution < 1.29 is 14.6 Å². The molecule has 0 spiro atoms. The van der Waals surface area contributed by atoms with Crippen molar-refractivity contribution in [1.82, 2.24) is 4.98 Å². The molecule has 0 radical (unpaired) electrons. The molecular weight excluding hydrogens is 350 g/mol. The fourth-order valence-corrected chi connectivity index (χ4v) is 3.77. The summed E-state index contributed by atoms with van der Waals surface area (Å²) in [5.41, 5.74) is 3.42. The Morgan fingerprint density at radius 1 is 1.00 bits per heavy atom. The maximum Gasteiger partial charge on any atom is 0.162 e. The highest BCUT2D eigenvalue weighted by Crippen LogP contribution is 2.38. The molecule has 3 aromatic rings. The quantitative estimate of drug-likeness (QED) is 0.629. The Labute approximate surface area is 165 Å². The Kier molecular flexibility index (Phi) is 5.47. The number of ether oxygens (including phenoxy) is 2. The molecule has 4 heteroatoms. The van der Waals surface area contributed by atoms with Gasteiger partial charge in [-0.3, -0.25) is 4.98 Å². The Morgan fingerprint density at radius 2 is 1.79 bits per heavy atom. The monoisotopic (exact) mass is 375 g/mol. The number of methoxy groups -OCH3 is 1. The SMILES string of the molecule is COc1ccc(-c2ccnc(Cc3ccccc3)c2O)cc1OC1CCCC1. The molecule has 1 fully saturated rings. The van der Waals surface area contributed by atoms with Gasteiger partial charge in [0.15, 0.2) is 11.5 Å². The van der Waals surface area contributed by atoms with Crippen LogP contribution in [-0.4, -0.2) is 23.3 Å². The summed E-state index contributed by atoms with van der Waals surface area (Å²) in [7, 11) is 1.65. The largest absolute Gasteiger partial charge is 0.505 e. The zero-order valence-electron chi connectivity index (χ0n) is 16.1. The zero-order valence-corrected chi connectivity index (χ0v) is 16.1. The number of benzene rings is 2. The number of aromatic nitrogens is 1. The second-order valence-electron chi connectivity index (χ2n) is 7.21. The Morgan fingerprint density at radius 3 is 2.54 bits per heavy atom. The molecule has 0 bridgehead atoms. The van der Waals surface area contributed by atoms with E-state index in [4.69, 9.17) is 9.47 Å². The molecule has 28 heavy (non-hydrogen) atoms. The topological polar surface area (TPSA) is 51.6 Å². The van der Waals surface area contributed by atoms with Gasteiger partial charge in [0, 0.05) is 18.2 Å². The van der Waals surface area contributed by atoms with Crippen LogP contribution >= 0.6 is 0 Å². The molecule has 4 rings (SSSR count). The Hall–Kier alpha value is -3.01. The van der Waals surface area contributed by atoms with Crippen molar-refractivity contribution in [3.05, 3.63) is 72.1 Å². The number of aromatic hydroxyl groups is 1. The smallest absolute Gasteiger partial charge is 0.162 e. The molecule has 4 nitrogen and oxygen atoms in total. The van der Waals surface area contributed by atoms with E-state index in [0.29, 0.717) is 17.9 Å². The first-order valence-electron chi connectivity index (χ1n) is 9.80.